The molecule has 0 aromatic rings. The Hall–Kier alpha value is -0.570. The van der Waals surface area contributed by atoms with E-state index in [-0.39, 0.29) is 18.4 Å². The maximum Gasteiger partial charge on any atom is 0.223 e. The zero-order chi connectivity index (χ0) is 13.5. The summed E-state index contributed by atoms with van der Waals surface area (Å²) in [6, 6.07) is 0. The zero-order valence-corrected chi connectivity index (χ0v) is 12.1. The summed E-state index contributed by atoms with van der Waals surface area (Å²) in [6.07, 6.45) is 11.9. The molecule has 3 nitrogen and oxygen atoms in total. The molecule has 2 fully saturated rings. The van der Waals surface area contributed by atoms with Gasteiger partial charge in [-0.25, -0.2) is 0 Å². The van der Waals surface area contributed by atoms with Crippen LogP contribution in [0.2, 0.25) is 0 Å². The van der Waals surface area contributed by atoms with Crippen LogP contribution in [0.3, 0.4) is 0 Å². The highest BCUT2D eigenvalue weighted by atomic mass is 16.3. The van der Waals surface area contributed by atoms with Crippen LogP contribution >= 0.6 is 0 Å². The molecule has 2 aliphatic carbocycles. The molecule has 19 heavy (non-hydrogen) atoms. The van der Waals surface area contributed by atoms with Crippen molar-refractivity contribution in [3.8, 4) is 0 Å². The predicted molar refractivity (Wildman–Crippen MR) is 76.7 cm³/mol. The van der Waals surface area contributed by atoms with Gasteiger partial charge in [0.2, 0.25) is 5.91 Å². The topological polar surface area (TPSA) is 49.3 Å². The molecule has 0 aliphatic heterocycles. The van der Waals surface area contributed by atoms with Gasteiger partial charge >= 0.3 is 0 Å². The highest BCUT2D eigenvalue weighted by molar-refractivity contribution is 5.78. The number of carbonyl (C=O) groups excluding carboxylic acids is 1. The third kappa shape index (κ3) is 4.48. The van der Waals surface area contributed by atoms with Gasteiger partial charge in [-0.15, -0.1) is 0 Å². The average molecular weight is 267 g/mol. The van der Waals surface area contributed by atoms with Crippen molar-refractivity contribution in [1.29, 1.82) is 0 Å². The summed E-state index contributed by atoms with van der Waals surface area (Å²) < 4.78 is 0. The van der Waals surface area contributed by atoms with Crippen molar-refractivity contribution in [2.45, 2.75) is 64.2 Å². The van der Waals surface area contributed by atoms with E-state index >= 15 is 0 Å². The number of rotatable bonds is 4. The Morgan fingerprint density at radius 1 is 0.895 bits per heavy atom. The SMILES string of the molecule is O=C(NCC1CCCCC1CO)C1CCCCCC1. The standard InChI is InChI=1S/C16H29NO2/c18-12-15-10-6-5-9-14(15)11-17-16(19)13-7-3-1-2-4-8-13/h13-15,18H,1-12H2,(H,17,19). The maximum absolute atomic E-state index is 12.2. The minimum atomic E-state index is 0.249. The molecule has 2 atom stereocenters. The van der Waals surface area contributed by atoms with Gasteiger partial charge in [0.25, 0.3) is 0 Å². The Kier molecular flexibility index (Phi) is 6.15. The molecule has 2 unspecified atom stereocenters. The van der Waals surface area contributed by atoms with E-state index in [1.54, 1.807) is 0 Å². The first-order chi connectivity index (χ1) is 9.31. The minimum absolute atomic E-state index is 0.249. The largest absolute Gasteiger partial charge is 0.396 e. The minimum Gasteiger partial charge on any atom is -0.396 e. The van der Waals surface area contributed by atoms with Gasteiger partial charge in [0.15, 0.2) is 0 Å². The van der Waals surface area contributed by atoms with E-state index in [4.69, 9.17) is 0 Å². The van der Waals surface area contributed by atoms with Crippen LogP contribution in [0, 0.1) is 17.8 Å². The summed E-state index contributed by atoms with van der Waals surface area (Å²) in [6.45, 7) is 1.06. The Morgan fingerprint density at radius 3 is 2.11 bits per heavy atom. The van der Waals surface area contributed by atoms with Gasteiger partial charge < -0.3 is 10.4 Å². The molecule has 2 aliphatic rings. The second kappa shape index (κ2) is 7.88. The van der Waals surface area contributed by atoms with Gasteiger partial charge in [-0.1, -0.05) is 38.5 Å². The monoisotopic (exact) mass is 267 g/mol. The van der Waals surface area contributed by atoms with Crippen LogP contribution in [0.1, 0.15) is 64.2 Å². The van der Waals surface area contributed by atoms with Crippen molar-refractivity contribution in [3.63, 3.8) is 0 Å². The van der Waals surface area contributed by atoms with E-state index in [1.807, 2.05) is 0 Å². The molecule has 2 rings (SSSR count). The van der Waals surface area contributed by atoms with Crippen molar-refractivity contribution < 1.29 is 9.90 Å². The average Bonchev–Trinajstić information content (AvgIpc) is 2.74. The predicted octanol–water partition coefficient (Wildman–Crippen LogP) is 2.87. The molecular formula is C16H29NO2. The Labute approximate surface area is 117 Å². The number of carbonyl (C=O) groups is 1. The highest BCUT2D eigenvalue weighted by Crippen LogP contribution is 2.29. The summed E-state index contributed by atoms with van der Waals surface area (Å²) >= 11 is 0. The van der Waals surface area contributed by atoms with Gasteiger partial charge in [0.1, 0.15) is 0 Å². The summed E-state index contributed by atoms with van der Waals surface area (Å²) in [5, 5.41) is 12.6. The normalized spacial score (nSPS) is 29.7. The molecule has 0 saturated heterocycles. The van der Waals surface area contributed by atoms with Gasteiger partial charge in [-0.05, 0) is 37.5 Å². The highest BCUT2D eigenvalue weighted by Gasteiger charge is 2.26. The maximum atomic E-state index is 12.2. The second-order valence-corrected chi connectivity index (χ2v) is 6.42. The molecule has 0 aromatic carbocycles. The van der Waals surface area contributed by atoms with Crippen molar-refractivity contribution >= 4 is 5.91 Å². The molecule has 110 valence electrons. The van der Waals surface area contributed by atoms with Gasteiger partial charge in [0, 0.05) is 19.1 Å². The summed E-state index contributed by atoms with van der Waals surface area (Å²) in [5.74, 6) is 1.42. The number of amides is 1. The third-order valence-electron chi connectivity index (χ3n) is 5.07. The molecule has 0 heterocycles. The van der Waals surface area contributed by atoms with E-state index in [0.29, 0.717) is 11.8 Å². The number of aliphatic hydroxyl groups excluding tert-OH is 1. The molecule has 0 bridgehead atoms. The molecule has 3 heteroatoms. The van der Waals surface area contributed by atoms with Crippen LogP contribution in [-0.4, -0.2) is 24.2 Å². The molecule has 0 aromatic heterocycles. The second-order valence-electron chi connectivity index (χ2n) is 6.42. The van der Waals surface area contributed by atoms with E-state index in [1.165, 1.54) is 38.5 Å². The number of aliphatic hydroxyl groups is 1. The summed E-state index contributed by atoms with van der Waals surface area (Å²) in [5.41, 5.74) is 0. The van der Waals surface area contributed by atoms with Crippen LogP contribution < -0.4 is 5.32 Å². The van der Waals surface area contributed by atoms with Crippen molar-refractivity contribution in [2.24, 2.45) is 17.8 Å². The third-order valence-corrected chi connectivity index (χ3v) is 5.07. The molecule has 1 amide bonds. The van der Waals surface area contributed by atoms with Crippen molar-refractivity contribution in [2.75, 3.05) is 13.2 Å². The van der Waals surface area contributed by atoms with Crippen LogP contribution in [0.15, 0.2) is 0 Å². The van der Waals surface area contributed by atoms with Gasteiger partial charge in [-0.3, -0.25) is 4.79 Å². The van der Waals surface area contributed by atoms with Crippen molar-refractivity contribution in [1.82, 2.24) is 5.32 Å². The lowest BCUT2D eigenvalue weighted by Gasteiger charge is -2.30. The molecule has 0 radical (unpaired) electrons. The lowest BCUT2D eigenvalue weighted by molar-refractivity contribution is -0.125. The lowest BCUT2D eigenvalue weighted by atomic mass is 9.79. The van der Waals surface area contributed by atoms with E-state index in [9.17, 15) is 9.90 Å². The van der Waals surface area contributed by atoms with E-state index in [0.717, 1.165) is 32.2 Å². The fraction of sp³-hybridized carbons (Fsp3) is 0.938. The fourth-order valence-corrected chi connectivity index (χ4v) is 3.71. The number of hydrogen-bond donors (Lipinski definition) is 2. The lowest BCUT2D eigenvalue weighted by Crippen LogP contribution is -2.38. The quantitative estimate of drug-likeness (QED) is 0.770. The number of nitrogens with one attached hydrogen (secondary N) is 1. The first-order valence-corrected chi connectivity index (χ1v) is 8.20. The van der Waals surface area contributed by atoms with Crippen LogP contribution in [0.25, 0.3) is 0 Å². The van der Waals surface area contributed by atoms with Crippen LogP contribution in [0.5, 0.6) is 0 Å². The molecule has 2 saturated carbocycles. The van der Waals surface area contributed by atoms with Crippen LogP contribution in [-0.2, 0) is 4.79 Å². The smallest absolute Gasteiger partial charge is 0.223 e. The Morgan fingerprint density at radius 2 is 1.47 bits per heavy atom. The molecule has 0 spiro atoms. The van der Waals surface area contributed by atoms with Gasteiger partial charge in [-0.2, -0.15) is 0 Å². The van der Waals surface area contributed by atoms with E-state index < -0.39 is 0 Å². The van der Waals surface area contributed by atoms with Crippen LogP contribution in [0.4, 0.5) is 0 Å². The Balaban J connectivity index is 1.75. The molecule has 2 N–H and O–H groups in total. The first-order valence-electron chi connectivity index (χ1n) is 8.20. The summed E-state index contributed by atoms with van der Waals surface area (Å²) in [7, 11) is 0. The van der Waals surface area contributed by atoms with Crippen molar-refractivity contribution in [3.05, 3.63) is 0 Å². The van der Waals surface area contributed by atoms with Gasteiger partial charge in [0.05, 0.1) is 0 Å². The molecular weight excluding hydrogens is 238 g/mol. The Bertz CT molecular complexity index is 272. The number of hydrogen-bond acceptors (Lipinski definition) is 2. The first kappa shape index (κ1) is 14.8. The zero-order valence-electron chi connectivity index (χ0n) is 12.1. The fourth-order valence-electron chi connectivity index (χ4n) is 3.71. The van der Waals surface area contributed by atoms with E-state index in [2.05, 4.69) is 5.32 Å². The summed E-state index contributed by atoms with van der Waals surface area (Å²) in [4.78, 5) is 12.2.